The molecule has 1 heterocycles. The molecule has 1 aromatic heterocycles. The number of nitro groups is 1. The summed E-state index contributed by atoms with van der Waals surface area (Å²) in [7, 11) is 1.35. The van der Waals surface area contributed by atoms with E-state index in [-0.39, 0.29) is 29.0 Å². The third-order valence-corrected chi connectivity index (χ3v) is 2.26. The van der Waals surface area contributed by atoms with Gasteiger partial charge in [0.05, 0.1) is 18.1 Å². The van der Waals surface area contributed by atoms with Crippen molar-refractivity contribution >= 4 is 11.7 Å². The Balaban J connectivity index is 2.32. The summed E-state index contributed by atoms with van der Waals surface area (Å²) in [5, 5.41) is 19.4. The van der Waals surface area contributed by atoms with Crippen molar-refractivity contribution in [2.75, 3.05) is 7.11 Å². The van der Waals surface area contributed by atoms with Crippen molar-refractivity contribution < 1.29 is 28.7 Å². The molecule has 0 amide bonds. The van der Waals surface area contributed by atoms with Crippen LogP contribution in [0, 0.1) is 10.1 Å². The number of aromatic carboxylic acids is 1. The highest BCUT2D eigenvalue weighted by molar-refractivity contribution is 5.84. The van der Waals surface area contributed by atoms with Crippen molar-refractivity contribution in [3.8, 4) is 17.6 Å². The van der Waals surface area contributed by atoms with Gasteiger partial charge < -0.3 is 19.0 Å². The lowest BCUT2D eigenvalue weighted by molar-refractivity contribution is -0.384. The van der Waals surface area contributed by atoms with E-state index >= 15 is 0 Å². The van der Waals surface area contributed by atoms with Crippen LogP contribution in [0.25, 0.3) is 0 Å². The zero-order valence-electron chi connectivity index (χ0n) is 10.1. The van der Waals surface area contributed by atoms with E-state index in [1.165, 1.54) is 19.2 Å². The lowest BCUT2D eigenvalue weighted by atomic mass is 10.3. The molecule has 104 valence electrons. The summed E-state index contributed by atoms with van der Waals surface area (Å²) in [6.45, 7) is 0. The summed E-state index contributed by atoms with van der Waals surface area (Å²) in [6.07, 6.45) is 0.530. The van der Waals surface area contributed by atoms with Crippen LogP contribution in [-0.4, -0.2) is 28.1 Å². The third kappa shape index (κ3) is 2.66. The fourth-order valence-electron chi connectivity index (χ4n) is 1.36. The van der Waals surface area contributed by atoms with Gasteiger partial charge in [-0.25, -0.2) is 4.79 Å². The van der Waals surface area contributed by atoms with Crippen LogP contribution in [0.4, 0.5) is 5.69 Å². The minimum Gasteiger partial charge on any atom is -0.493 e. The van der Waals surface area contributed by atoms with E-state index in [2.05, 4.69) is 4.98 Å². The molecule has 1 N–H and O–H groups in total. The molecule has 9 heteroatoms. The number of oxazole rings is 1. The van der Waals surface area contributed by atoms with Crippen molar-refractivity contribution in [1.82, 2.24) is 4.98 Å². The number of aromatic nitrogens is 1. The maximum absolute atomic E-state index is 10.7. The SMILES string of the molecule is COc1ccc([N+](=O)[O-])cc1Oc1nc(C(=O)O)co1. The van der Waals surface area contributed by atoms with Crippen LogP contribution in [-0.2, 0) is 0 Å². The minimum absolute atomic E-state index is 0.0134. The van der Waals surface area contributed by atoms with Crippen molar-refractivity contribution in [3.05, 3.63) is 40.3 Å². The fraction of sp³-hybridized carbons (Fsp3) is 0.0909. The molecule has 0 saturated carbocycles. The van der Waals surface area contributed by atoms with E-state index in [0.717, 1.165) is 12.3 Å². The first-order valence-corrected chi connectivity index (χ1v) is 5.20. The molecule has 2 rings (SSSR count). The molecule has 0 radical (unpaired) electrons. The number of carboxylic acid groups (broad SMARTS) is 1. The molecule has 20 heavy (non-hydrogen) atoms. The van der Waals surface area contributed by atoms with Gasteiger partial charge in [0.2, 0.25) is 0 Å². The molecule has 0 spiro atoms. The first-order chi connectivity index (χ1) is 9.51. The number of carboxylic acids is 1. The molecular formula is C11H8N2O7. The van der Waals surface area contributed by atoms with Gasteiger partial charge >= 0.3 is 12.0 Å². The highest BCUT2D eigenvalue weighted by Crippen LogP contribution is 2.34. The second kappa shape index (κ2) is 5.26. The molecule has 0 aliphatic carbocycles. The van der Waals surface area contributed by atoms with Crippen LogP contribution in [0.3, 0.4) is 0 Å². The van der Waals surface area contributed by atoms with E-state index < -0.39 is 10.9 Å². The lowest BCUT2D eigenvalue weighted by Gasteiger charge is -2.06. The Morgan fingerprint density at radius 3 is 2.75 bits per heavy atom. The minimum atomic E-state index is -1.28. The Kier molecular flexibility index (Phi) is 3.51. The van der Waals surface area contributed by atoms with Gasteiger partial charge in [0.1, 0.15) is 6.26 Å². The number of hydrogen-bond acceptors (Lipinski definition) is 7. The van der Waals surface area contributed by atoms with E-state index in [1.54, 1.807) is 0 Å². The van der Waals surface area contributed by atoms with Gasteiger partial charge in [-0.3, -0.25) is 10.1 Å². The second-order valence-electron chi connectivity index (χ2n) is 3.50. The average Bonchev–Trinajstić information content (AvgIpc) is 2.87. The number of benzene rings is 1. The van der Waals surface area contributed by atoms with Gasteiger partial charge in [0.25, 0.3) is 5.69 Å². The Labute approximate surface area is 111 Å². The van der Waals surface area contributed by atoms with Gasteiger partial charge in [-0.05, 0) is 6.07 Å². The van der Waals surface area contributed by atoms with Gasteiger partial charge in [-0.1, -0.05) is 0 Å². The highest BCUT2D eigenvalue weighted by Gasteiger charge is 2.17. The Morgan fingerprint density at radius 1 is 1.45 bits per heavy atom. The fourth-order valence-corrected chi connectivity index (χ4v) is 1.36. The molecular weight excluding hydrogens is 272 g/mol. The first kappa shape index (κ1) is 13.3. The number of methoxy groups -OCH3 is 1. The smallest absolute Gasteiger partial charge is 0.400 e. The van der Waals surface area contributed by atoms with E-state index in [1.807, 2.05) is 0 Å². The lowest BCUT2D eigenvalue weighted by Crippen LogP contribution is -1.97. The number of ether oxygens (including phenoxy) is 2. The quantitative estimate of drug-likeness (QED) is 0.651. The van der Waals surface area contributed by atoms with Crippen molar-refractivity contribution in [1.29, 1.82) is 0 Å². The van der Waals surface area contributed by atoms with Gasteiger partial charge in [0.15, 0.2) is 17.2 Å². The number of nitrogens with zero attached hydrogens (tertiary/aromatic N) is 2. The molecule has 1 aromatic carbocycles. The zero-order chi connectivity index (χ0) is 14.7. The molecule has 0 unspecified atom stereocenters. The monoisotopic (exact) mass is 280 g/mol. The van der Waals surface area contributed by atoms with Gasteiger partial charge in [-0.2, -0.15) is 4.98 Å². The van der Waals surface area contributed by atoms with Crippen LogP contribution < -0.4 is 9.47 Å². The molecule has 2 aromatic rings. The summed E-state index contributed by atoms with van der Waals surface area (Å²) in [6, 6.07) is 3.70. The van der Waals surface area contributed by atoms with Crippen molar-refractivity contribution in [3.63, 3.8) is 0 Å². The second-order valence-corrected chi connectivity index (χ2v) is 3.50. The molecule has 0 fully saturated rings. The van der Waals surface area contributed by atoms with Crippen LogP contribution >= 0.6 is 0 Å². The number of carbonyl (C=O) groups is 1. The van der Waals surface area contributed by atoms with Crippen LogP contribution in [0.5, 0.6) is 17.6 Å². The van der Waals surface area contributed by atoms with Crippen LogP contribution in [0.2, 0.25) is 0 Å². The normalized spacial score (nSPS) is 10.1. The van der Waals surface area contributed by atoms with Gasteiger partial charge in [0, 0.05) is 6.07 Å². The molecule has 0 atom stereocenters. The average molecular weight is 280 g/mol. The molecule has 0 aliphatic heterocycles. The van der Waals surface area contributed by atoms with E-state index in [9.17, 15) is 14.9 Å². The molecule has 0 bridgehead atoms. The van der Waals surface area contributed by atoms with E-state index in [0.29, 0.717) is 0 Å². The summed E-state index contributed by atoms with van der Waals surface area (Å²) in [4.78, 5) is 24.3. The number of nitro benzene ring substituents is 1. The predicted octanol–water partition coefficient (Wildman–Crippen LogP) is 2.08. The summed E-state index contributed by atoms with van der Waals surface area (Å²) in [5.41, 5.74) is -0.560. The number of non-ortho nitro benzene ring substituents is 1. The molecule has 0 saturated heterocycles. The predicted molar refractivity (Wildman–Crippen MR) is 63.2 cm³/mol. The maximum atomic E-state index is 10.7. The first-order valence-electron chi connectivity index (χ1n) is 5.20. The largest absolute Gasteiger partial charge is 0.493 e. The Morgan fingerprint density at radius 2 is 2.20 bits per heavy atom. The summed E-state index contributed by atoms with van der Waals surface area (Å²) < 4.78 is 14.9. The zero-order valence-corrected chi connectivity index (χ0v) is 10.1. The van der Waals surface area contributed by atoms with Crippen molar-refractivity contribution in [2.45, 2.75) is 0 Å². The topological polar surface area (TPSA) is 125 Å². The van der Waals surface area contributed by atoms with E-state index in [4.69, 9.17) is 19.0 Å². The summed E-state index contributed by atoms with van der Waals surface area (Å²) in [5.74, 6) is -1.08. The van der Waals surface area contributed by atoms with Crippen LogP contribution in [0.1, 0.15) is 10.5 Å². The van der Waals surface area contributed by atoms with Crippen LogP contribution in [0.15, 0.2) is 28.9 Å². The summed E-state index contributed by atoms with van der Waals surface area (Å²) >= 11 is 0. The van der Waals surface area contributed by atoms with Gasteiger partial charge in [-0.15, -0.1) is 0 Å². The number of rotatable bonds is 5. The molecule has 0 aliphatic rings. The Hall–Kier alpha value is -3.10. The third-order valence-electron chi connectivity index (χ3n) is 2.26. The molecule has 9 nitrogen and oxygen atoms in total. The number of hydrogen-bond donors (Lipinski definition) is 1. The standard InChI is InChI=1S/C11H8N2O7/c1-18-8-3-2-6(13(16)17)4-9(8)20-11-12-7(5-19-11)10(14)15/h2-5H,1H3,(H,14,15). The highest BCUT2D eigenvalue weighted by atomic mass is 16.6. The maximum Gasteiger partial charge on any atom is 0.400 e. The van der Waals surface area contributed by atoms with Crippen molar-refractivity contribution in [2.24, 2.45) is 0 Å². The Bertz CT molecular complexity index is 665.